The largest absolute Gasteiger partial charge is 0.396 e. The first-order chi connectivity index (χ1) is 7.37. The van der Waals surface area contributed by atoms with Crippen molar-refractivity contribution in [3.63, 3.8) is 0 Å². The van der Waals surface area contributed by atoms with E-state index in [2.05, 4.69) is 9.97 Å². The lowest BCUT2D eigenvalue weighted by Gasteiger charge is -2.01. The fraction of sp³-hybridized carbons (Fsp3) is 0.222. The minimum Gasteiger partial charge on any atom is -0.342 e. The third-order valence-electron chi connectivity index (χ3n) is 1.96. The standard InChI is InChI=1S/C9H5Cl2F3N2/c10-4-1-2-5-8(7(4)11)16-6(15-5)3-9(12,13)14/h1-2H,3H2,(H,15,16). The number of H-pyrrole nitrogens is 1. The highest BCUT2D eigenvalue weighted by Crippen LogP contribution is 2.30. The third-order valence-corrected chi connectivity index (χ3v) is 2.76. The molecule has 0 unspecified atom stereocenters. The Bertz CT molecular complexity index is 533. The van der Waals surface area contributed by atoms with Gasteiger partial charge in [-0.1, -0.05) is 23.2 Å². The van der Waals surface area contributed by atoms with Crippen molar-refractivity contribution >= 4 is 34.2 Å². The van der Waals surface area contributed by atoms with Crippen LogP contribution in [0.15, 0.2) is 12.1 Å². The Hall–Kier alpha value is -0.940. The van der Waals surface area contributed by atoms with E-state index in [9.17, 15) is 13.2 Å². The fourth-order valence-corrected chi connectivity index (χ4v) is 1.70. The number of imidazole rings is 1. The monoisotopic (exact) mass is 268 g/mol. The first-order valence-corrected chi connectivity index (χ1v) is 5.02. The average Bonchev–Trinajstić information content (AvgIpc) is 2.52. The summed E-state index contributed by atoms with van der Waals surface area (Å²) in [7, 11) is 0. The van der Waals surface area contributed by atoms with Crippen LogP contribution in [0.3, 0.4) is 0 Å². The molecule has 0 aliphatic carbocycles. The summed E-state index contributed by atoms with van der Waals surface area (Å²) in [6.07, 6.45) is -5.42. The molecule has 2 nitrogen and oxygen atoms in total. The summed E-state index contributed by atoms with van der Waals surface area (Å²) < 4.78 is 36.4. The average molecular weight is 269 g/mol. The molecule has 1 aromatic heterocycles. The number of halogens is 5. The van der Waals surface area contributed by atoms with E-state index in [0.717, 1.165) is 0 Å². The van der Waals surface area contributed by atoms with E-state index < -0.39 is 12.6 Å². The molecular weight excluding hydrogens is 264 g/mol. The molecule has 0 aliphatic heterocycles. The Morgan fingerprint density at radius 1 is 1.25 bits per heavy atom. The molecule has 2 aromatic rings. The minimum absolute atomic E-state index is 0.156. The highest BCUT2D eigenvalue weighted by Gasteiger charge is 2.29. The van der Waals surface area contributed by atoms with Crippen molar-refractivity contribution in [3.8, 4) is 0 Å². The number of aromatic nitrogens is 2. The molecule has 2 rings (SSSR count). The Morgan fingerprint density at radius 3 is 2.56 bits per heavy atom. The molecule has 86 valence electrons. The van der Waals surface area contributed by atoms with Gasteiger partial charge in [-0.05, 0) is 12.1 Å². The summed E-state index contributed by atoms with van der Waals surface area (Å²) in [5, 5.41) is 0.420. The van der Waals surface area contributed by atoms with E-state index in [0.29, 0.717) is 5.52 Å². The molecule has 0 aliphatic rings. The van der Waals surface area contributed by atoms with Gasteiger partial charge >= 0.3 is 6.18 Å². The second kappa shape index (κ2) is 3.82. The lowest BCUT2D eigenvalue weighted by molar-refractivity contribution is -0.128. The number of benzene rings is 1. The Kier molecular flexibility index (Phi) is 2.75. The van der Waals surface area contributed by atoms with Crippen LogP contribution in [0.1, 0.15) is 5.82 Å². The van der Waals surface area contributed by atoms with Crippen LogP contribution in [0, 0.1) is 0 Å². The van der Waals surface area contributed by atoms with Crippen LogP contribution in [0.4, 0.5) is 13.2 Å². The SMILES string of the molecule is FC(F)(F)Cc1nc2c(Cl)c(Cl)ccc2[nH]1. The van der Waals surface area contributed by atoms with Gasteiger partial charge in [0.2, 0.25) is 0 Å². The Balaban J connectivity index is 2.48. The van der Waals surface area contributed by atoms with Gasteiger partial charge in [0.05, 0.1) is 15.6 Å². The summed E-state index contributed by atoms with van der Waals surface area (Å²) in [5.74, 6) is -0.174. The van der Waals surface area contributed by atoms with E-state index >= 15 is 0 Å². The second-order valence-corrected chi connectivity index (χ2v) is 4.02. The predicted octanol–water partition coefficient (Wildman–Crippen LogP) is 3.97. The quantitative estimate of drug-likeness (QED) is 0.833. The van der Waals surface area contributed by atoms with Crippen molar-refractivity contribution in [1.82, 2.24) is 9.97 Å². The second-order valence-electron chi connectivity index (χ2n) is 3.23. The van der Waals surface area contributed by atoms with Gasteiger partial charge in [-0.15, -0.1) is 0 Å². The first-order valence-electron chi connectivity index (χ1n) is 4.26. The number of hydrogen-bond donors (Lipinski definition) is 1. The summed E-state index contributed by atoms with van der Waals surface area (Å²) in [6.45, 7) is 0. The molecule has 0 saturated heterocycles. The van der Waals surface area contributed by atoms with Crippen molar-refractivity contribution in [2.75, 3.05) is 0 Å². The van der Waals surface area contributed by atoms with Crippen LogP contribution in [0.25, 0.3) is 11.0 Å². The van der Waals surface area contributed by atoms with Gasteiger partial charge in [0.15, 0.2) is 0 Å². The van der Waals surface area contributed by atoms with Gasteiger partial charge in [-0.25, -0.2) is 4.98 Å². The molecule has 1 N–H and O–H groups in total. The van der Waals surface area contributed by atoms with Gasteiger partial charge < -0.3 is 4.98 Å². The van der Waals surface area contributed by atoms with Crippen molar-refractivity contribution in [1.29, 1.82) is 0 Å². The molecule has 0 radical (unpaired) electrons. The molecule has 0 saturated carbocycles. The van der Waals surface area contributed by atoms with E-state index in [1.165, 1.54) is 12.1 Å². The molecule has 0 amide bonds. The highest BCUT2D eigenvalue weighted by molar-refractivity contribution is 6.44. The molecule has 16 heavy (non-hydrogen) atoms. The predicted molar refractivity (Wildman–Crippen MR) is 55.9 cm³/mol. The van der Waals surface area contributed by atoms with Crippen molar-refractivity contribution in [2.45, 2.75) is 12.6 Å². The fourth-order valence-electron chi connectivity index (χ4n) is 1.34. The van der Waals surface area contributed by atoms with Crippen molar-refractivity contribution in [2.24, 2.45) is 0 Å². The normalized spacial score (nSPS) is 12.3. The number of fused-ring (bicyclic) bond motifs is 1. The molecule has 1 heterocycles. The van der Waals surface area contributed by atoms with Crippen molar-refractivity contribution in [3.05, 3.63) is 28.0 Å². The van der Waals surface area contributed by atoms with E-state index in [4.69, 9.17) is 23.2 Å². The molecular formula is C9H5Cl2F3N2. The molecule has 0 bridgehead atoms. The lowest BCUT2D eigenvalue weighted by atomic mass is 10.3. The number of alkyl halides is 3. The smallest absolute Gasteiger partial charge is 0.342 e. The van der Waals surface area contributed by atoms with E-state index in [1.54, 1.807) is 0 Å². The minimum atomic E-state index is -4.30. The van der Waals surface area contributed by atoms with Gasteiger partial charge in [0, 0.05) is 0 Å². The first kappa shape index (κ1) is 11.5. The molecule has 1 aromatic carbocycles. The topological polar surface area (TPSA) is 28.7 Å². The number of aromatic amines is 1. The number of nitrogens with zero attached hydrogens (tertiary/aromatic N) is 1. The maximum Gasteiger partial charge on any atom is 0.396 e. The number of hydrogen-bond acceptors (Lipinski definition) is 1. The van der Waals surface area contributed by atoms with Gasteiger partial charge in [0.25, 0.3) is 0 Å². The summed E-state index contributed by atoms with van der Waals surface area (Å²) in [4.78, 5) is 6.31. The zero-order valence-corrected chi connectivity index (χ0v) is 9.21. The van der Waals surface area contributed by atoms with Crippen LogP contribution in [-0.4, -0.2) is 16.1 Å². The number of rotatable bonds is 1. The van der Waals surface area contributed by atoms with Crippen molar-refractivity contribution < 1.29 is 13.2 Å². The van der Waals surface area contributed by atoms with E-state index in [-0.39, 0.29) is 21.4 Å². The summed E-state index contributed by atoms with van der Waals surface area (Å²) >= 11 is 11.5. The Labute approximate surface area is 98.4 Å². The maximum absolute atomic E-state index is 12.1. The van der Waals surface area contributed by atoms with Crippen LogP contribution in [0.2, 0.25) is 10.0 Å². The van der Waals surface area contributed by atoms with E-state index in [1.807, 2.05) is 0 Å². The highest BCUT2D eigenvalue weighted by atomic mass is 35.5. The van der Waals surface area contributed by atoms with Gasteiger partial charge in [-0.3, -0.25) is 0 Å². The zero-order chi connectivity index (χ0) is 11.9. The third kappa shape index (κ3) is 2.25. The molecule has 0 atom stereocenters. The zero-order valence-electron chi connectivity index (χ0n) is 7.70. The molecule has 0 spiro atoms. The van der Waals surface area contributed by atoms with Crippen LogP contribution >= 0.6 is 23.2 Å². The number of nitrogens with one attached hydrogen (secondary N) is 1. The summed E-state index contributed by atoms with van der Waals surface area (Å²) in [6, 6.07) is 3.04. The molecule has 0 fully saturated rings. The molecule has 7 heteroatoms. The van der Waals surface area contributed by atoms with Crippen LogP contribution in [0.5, 0.6) is 0 Å². The van der Waals surface area contributed by atoms with Gasteiger partial charge in [0.1, 0.15) is 17.8 Å². The Morgan fingerprint density at radius 2 is 1.94 bits per heavy atom. The summed E-state index contributed by atoms with van der Waals surface area (Å²) in [5.41, 5.74) is 0.696. The lowest BCUT2D eigenvalue weighted by Crippen LogP contribution is -2.12. The van der Waals surface area contributed by atoms with Crippen LogP contribution in [-0.2, 0) is 6.42 Å². The maximum atomic E-state index is 12.1. The van der Waals surface area contributed by atoms with Gasteiger partial charge in [-0.2, -0.15) is 13.2 Å². The van der Waals surface area contributed by atoms with Crippen LogP contribution < -0.4 is 0 Å².